The third kappa shape index (κ3) is 8.26. The van der Waals surface area contributed by atoms with E-state index in [-0.39, 0.29) is 33.9 Å². The van der Waals surface area contributed by atoms with Crippen LogP contribution in [0.15, 0.2) is 35.9 Å². The molecule has 1 heterocycles. The van der Waals surface area contributed by atoms with E-state index in [1.165, 1.54) is 17.8 Å². The monoisotopic (exact) mass is 504 g/mol. The van der Waals surface area contributed by atoms with E-state index < -0.39 is 6.04 Å². The molecule has 35 heavy (non-hydrogen) atoms. The second kappa shape index (κ2) is 13.3. The van der Waals surface area contributed by atoms with Gasteiger partial charge < -0.3 is 9.64 Å². The first-order valence-electron chi connectivity index (χ1n) is 12.5. The molecule has 6 nitrogen and oxygen atoms in total. The molecule has 1 saturated carbocycles. The van der Waals surface area contributed by atoms with E-state index in [1.54, 1.807) is 32.0 Å². The second-order valence-corrected chi connectivity index (χ2v) is 10.8. The number of likely N-dealkylation sites (N-methyl/N-ethyl adjacent to an activating group) is 1. The van der Waals surface area contributed by atoms with Crippen LogP contribution in [0, 0.1) is 11.7 Å². The molecule has 1 aliphatic heterocycles. The van der Waals surface area contributed by atoms with E-state index in [0.29, 0.717) is 44.6 Å². The van der Waals surface area contributed by atoms with Crippen LogP contribution in [-0.4, -0.2) is 71.8 Å². The maximum absolute atomic E-state index is 14.8. The molecule has 0 bridgehead atoms. The molecular formula is C27H37FN2O4S. The number of Topliss-reactive ketones (excluding diaryl/α,β-unsaturated/α-hetero) is 1. The average Bonchev–Trinajstić information content (AvgIpc) is 3.66. The third-order valence-corrected chi connectivity index (χ3v) is 7.65. The Morgan fingerprint density at radius 2 is 2.00 bits per heavy atom. The topological polar surface area (TPSA) is 66.9 Å². The Bertz CT molecular complexity index is 934. The molecular weight excluding hydrogens is 467 g/mol. The molecule has 2 aliphatic rings. The maximum Gasteiger partial charge on any atom is 0.305 e. The molecule has 0 spiro atoms. The van der Waals surface area contributed by atoms with Crippen molar-refractivity contribution in [2.45, 2.75) is 57.2 Å². The summed E-state index contributed by atoms with van der Waals surface area (Å²) in [7, 11) is 1.99. The summed E-state index contributed by atoms with van der Waals surface area (Å²) in [5, 5.41) is 0.117. The number of ketones is 1. The molecule has 1 aromatic rings. The molecule has 1 saturated heterocycles. The molecule has 8 heteroatoms. The van der Waals surface area contributed by atoms with Gasteiger partial charge in [-0.3, -0.25) is 19.3 Å². The number of piperidine rings is 1. The fourth-order valence-electron chi connectivity index (χ4n) is 4.54. The van der Waals surface area contributed by atoms with Gasteiger partial charge in [0.1, 0.15) is 5.82 Å². The summed E-state index contributed by atoms with van der Waals surface area (Å²) in [6.45, 7) is 6.34. The number of benzene rings is 1. The summed E-state index contributed by atoms with van der Waals surface area (Å²) in [6, 6.07) is 5.97. The van der Waals surface area contributed by atoms with Gasteiger partial charge in [-0.15, -0.1) is 0 Å². The molecule has 1 aromatic carbocycles. The minimum absolute atomic E-state index is 0.0156. The molecule has 0 N–H and O–H groups in total. The Kier molecular flexibility index (Phi) is 10.5. The minimum Gasteiger partial charge on any atom is -0.466 e. The van der Waals surface area contributed by atoms with Crippen molar-refractivity contribution in [2.75, 3.05) is 39.8 Å². The normalized spacial score (nSPS) is 20.7. The number of hydrogen-bond donors (Lipinski definition) is 0. The van der Waals surface area contributed by atoms with Gasteiger partial charge in [0.25, 0.3) is 0 Å². The lowest BCUT2D eigenvalue weighted by Gasteiger charge is -2.38. The zero-order valence-electron chi connectivity index (χ0n) is 21.0. The molecule has 0 aromatic heterocycles. The van der Waals surface area contributed by atoms with E-state index in [9.17, 15) is 18.8 Å². The molecule has 3 rings (SSSR count). The Balaban J connectivity index is 1.72. The zero-order valence-corrected chi connectivity index (χ0v) is 21.8. The fraction of sp³-hybridized carbons (Fsp3) is 0.593. The Morgan fingerprint density at radius 1 is 1.26 bits per heavy atom. The lowest BCUT2D eigenvalue weighted by Crippen LogP contribution is -2.43. The van der Waals surface area contributed by atoms with Crippen molar-refractivity contribution < 1.29 is 23.5 Å². The maximum atomic E-state index is 14.8. The van der Waals surface area contributed by atoms with Gasteiger partial charge >= 0.3 is 5.97 Å². The number of likely N-dealkylation sites (tertiary alicyclic amines) is 1. The quantitative estimate of drug-likeness (QED) is 0.309. The first-order valence-corrected chi connectivity index (χ1v) is 13.4. The Hall–Kier alpha value is -2.03. The Morgan fingerprint density at radius 3 is 2.66 bits per heavy atom. The summed E-state index contributed by atoms with van der Waals surface area (Å²) in [6.07, 6.45) is 5.71. The van der Waals surface area contributed by atoms with Crippen LogP contribution < -0.4 is 0 Å². The molecule has 2 fully saturated rings. The van der Waals surface area contributed by atoms with Crippen LogP contribution in [0.5, 0.6) is 0 Å². The first-order chi connectivity index (χ1) is 16.8. The van der Waals surface area contributed by atoms with Crippen molar-refractivity contribution >= 4 is 28.6 Å². The van der Waals surface area contributed by atoms with E-state index >= 15 is 0 Å². The largest absolute Gasteiger partial charge is 0.466 e. The number of ether oxygens (including phenoxy) is 1. The van der Waals surface area contributed by atoms with Crippen molar-refractivity contribution in [3.63, 3.8) is 0 Å². The van der Waals surface area contributed by atoms with Gasteiger partial charge in [-0.05, 0) is 57.8 Å². The fourth-order valence-corrected chi connectivity index (χ4v) is 5.49. The van der Waals surface area contributed by atoms with Gasteiger partial charge in [-0.2, -0.15) is 0 Å². The highest BCUT2D eigenvalue weighted by molar-refractivity contribution is 8.14. The standard InChI is InChI=1S/C27H37FN2O4S/c1-4-34-25(32)10-7-15-29(3)16-13-21-18-30(17-14-24(21)35-19(2)31)26(27(33)20-11-12-20)22-8-5-6-9-23(22)28/h5-6,8-9,13,20,24,26H,4,7,10-12,14-18H2,1-3H3/b21-13-. The smallest absolute Gasteiger partial charge is 0.305 e. The summed E-state index contributed by atoms with van der Waals surface area (Å²) in [5.41, 5.74) is 1.54. The molecule has 1 aliphatic carbocycles. The third-order valence-electron chi connectivity index (χ3n) is 6.49. The highest BCUT2D eigenvalue weighted by Crippen LogP contribution is 2.40. The lowest BCUT2D eigenvalue weighted by atomic mass is 9.93. The highest BCUT2D eigenvalue weighted by Gasteiger charge is 2.41. The van der Waals surface area contributed by atoms with Crippen LogP contribution in [0.1, 0.15) is 57.6 Å². The molecule has 192 valence electrons. The number of thioether (sulfide) groups is 1. The number of hydrogen-bond acceptors (Lipinski definition) is 7. The SMILES string of the molecule is CCOC(=O)CCCN(C)C/C=C1/CN(C(C(=O)C2CC2)c2ccccc2F)CCC1SC(C)=O. The van der Waals surface area contributed by atoms with Crippen molar-refractivity contribution in [1.82, 2.24) is 9.80 Å². The van der Waals surface area contributed by atoms with E-state index in [0.717, 1.165) is 31.4 Å². The Labute approximate surface area is 212 Å². The van der Waals surface area contributed by atoms with Gasteiger partial charge in [0.15, 0.2) is 10.9 Å². The van der Waals surface area contributed by atoms with Gasteiger partial charge in [0, 0.05) is 49.7 Å². The number of carbonyl (C=O) groups is 3. The summed E-state index contributed by atoms with van der Waals surface area (Å²) >= 11 is 1.33. The predicted molar refractivity (Wildman–Crippen MR) is 137 cm³/mol. The van der Waals surface area contributed by atoms with E-state index in [1.807, 2.05) is 7.05 Å². The van der Waals surface area contributed by atoms with Crippen molar-refractivity contribution in [3.05, 3.63) is 47.3 Å². The van der Waals surface area contributed by atoms with Crippen LogP contribution >= 0.6 is 11.8 Å². The number of nitrogens with zero attached hydrogens (tertiary/aromatic N) is 2. The van der Waals surface area contributed by atoms with Crippen molar-refractivity contribution in [3.8, 4) is 0 Å². The second-order valence-electron chi connectivity index (χ2n) is 9.41. The van der Waals surface area contributed by atoms with Crippen LogP contribution in [0.3, 0.4) is 0 Å². The predicted octanol–water partition coefficient (Wildman–Crippen LogP) is 4.40. The van der Waals surface area contributed by atoms with Crippen LogP contribution in [0.25, 0.3) is 0 Å². The molecule has 2 unspecified atom stereocenters. The lowest BCUT2D eigenvalue weighted by molar-refractivity contribution is -0.143. The van der Waals surface area contributed by atoms with Gasteiger partial charge in [-0.1, -0.05) is 36.0 Å². The summed E-state index contributed by atoms with van der Waals surface area (Å²) in [5.74, 6) is -0.414. The number of rotatable bonds is 12. The van der Waals surface area contributed by atoms with Gasteiger partial charge in [0.05, 0.1) is 12.6 Å². The number of esters is 1. The number of halogens is 1. The molecule has 0 amide bonds. The van der Waals surface area contributed by atoms with Crippen molar-refractivity contribution in [1.29, 1.82) is 0 Å². The van der Waals surface area contributed by atoms with Crippen LogP contribution in [0.2, 0.25) is 0 Å². The molecule has 2 atom stereocenters. The minimum atomic E-state index is -0.599. The summed E-state index contributed by atoms with van der Waals surface area (Å²) < 4.78 is 19.8. The number of carbonyl (C=O) groups excluding carboxylic acids is 3. The van der Waals surface area contributed by atoms with Gasteiger partial charge in [-0.25, -0.2) is 4.39 Å². The highest BCUT2D eigenvalue weighted by atomic mass is 32.2. The first kappa shape index (κ1) is 27.6. The van der Waals surface area contributed by atoms with Crippen molar-refractivity contribution in [2.24, 2.45) is 5.92 Å². The van der Waals surface area contributed by atoms with Crippen LogP contribution in [0.4, 0.5) is 4.39 Å². The van der Waals surface area contributed by atoms with E-state index in [2.05, 4.69) is 15.9 Å². The van der Waals surface area contributed by atoms with E-state index in [4.69, 9.17) is 4.74 Å². The van der Waals surface area contributed by atoms with Gasteiger partial charge in [0.2, 0.25) is 0 Å². The molecule has 0 radical (unpaired) electrons. The summed E-state index contributed by atoms with van der Waals surface area (Å²) in [4.78, 5) is 41.0. The van der Waals surface area contributed by atoms with Crippen LogP contribution in [-0.2, 0) is 19.1 Å². The zero-order chi connectivity index (χ0) is 25.4. The average molecular weight is 505 g/mol.